The summed E-state index contributed by atoms with van der Waals surface area (Å²) in [5.74, 6) is 3.07. The van der Waals surface area contributed by atoms with Crippen LogP contribution < -0.4 is 15.0 Å². The number of nitrogens with one attached hydrogen (secondary N) is 1. The summed E-state index contributed by atoms with van der Waals surface area (Å²) in [6.07, 6.45) is 8.12. The van der Waals surface area contributed by atoms with Crippen molar-refractivity contribution < 1.29 is 9.53 Å². The predicted octanol–water partition coefficient (Wildman–Crippen LogP) is 4.18. The van der Waals surface area contributed by atoms with Crippen LogP contribution in [0.1, 0.15) is 45.4 Å². The lowest BCUT2D eigenvalue weighted by Gasteiger charge is -2.35. The lowest BCUT2D eigenvalue weighted by Crippen LogP contribution is -2.46. The normalized spacial score (nSPS) is 22.9. The Morgan fingerprint density at radius 3 is 2.59 bits per heavy atom. The molecule has 2 fully saturated rings. The quantitative estimate of drug-likeness (QED) is 0.824. The van der Waals surface area contributed by atoms with E-state index in [-0.39, 0.29) is 11.8 Å². The van der Waals surface area contributed by atoms with Crippen LogP contribution in [0.5, 0.6) is 11.6 Å². The summed E-state index contributed by atoms with van der Waals surface area (Å²) in [4.78, 5) is 23.6. The van der Waals surface area contributed by atoms with Crippen LogP contribution in [0.2, 0.25) is 0 Å². The molecule has 6 nitrogen and oxygen atoms in total. The number of piperidine rings is 1. The Balaban J connectivity index is 1.31. The smallest absolute Gasteiger partial charge is 0.224 e. The number of nitrogens with zero attached hydrogens (tertiary/aromatic N) is 3. The highest BCUT2D eigenvalue weighted by Crippen LogP contribution is 2.27. The number of ether oxygens (including phenoxy) is 1. The summed E-state index contributed by atoms with van der Waals surface area (Å²) < 4.78 is 5.82. The van der Waals surface area contributed by atoms with Crippen LogP contribution in [0.4, 0.5) is 5.82 Å². The van der Waals surface area contributed by atoms with Crippen LogP contribution in [0.25, 0.3) is 0 Å². The van der Waals surface area contributed by atoms with Gasteiger partial charge in [0.1, 0.15) is 17.9 Å². The lowest BCUT2D eigenvalue weighted by molar-refractivity contribution is -0.126. The number of aromatic nitrogens is 2. The number of carbonyl (C=O) groups is 1. The molecule has 2 unspecified atom stereocenters. The van der Waals surface area contributed by atoms with Gasteiger partial charge in [-0.2, -0.15) is 0 Å². The van der Waals surface area contributed by atoms with Gasteiger partial charge in [0, 0.05) is 31.1 Å². The average molecular weight is 395 g/mol. The Labute approximate surface area is 172 Å². The molecule has 2 aromatic rings. The third kappa shape index (κ3) is 5.05. The Kier molecular flexibility index (Phi) is 6.27. The zero-order valence-corrected chi connectivity index (χ0v) is 17.1. The van der Waals surface area contributed by atoms with Gasteiger partial charge in [-0.1, -0.05) is 38.0 Å². The first-order valence-corrected chi connectivity index (χ1v) is 10.8. The van der Waals surface area contributed by atoms with Crippen molar-refractivity contribution >= 4 is 11.7 Å². The van der Waals surface area contributed by atoms with Crippen LogP contribution in [0, 0.1) is 11.8 Å². The van der Waals surface area contributed by atoms with Crippen LogP contribution in [-0.4, -0.2) is 35.0 Å². The van der Waals surface area contributed by atoms with Gasteiger partial charge in [-0.15, -0.1) is 0 Å². The highest BCUT2D eigenvalue weighted by Gasteiger charge is 2.29. The summed E-state index contributed by atoms with van der Waals surface area (Å²) in [6, 6.07) is 11.8. The monoisotopic (exact) mass is 394 g/mol. The molecule has 0 bridgehead atoms. The van der Waals surface area contributed by atoms with Crippen molar-refractivity contribution in [3.63, 3.8) is 0 Å². The molecule has 1 aromatic heterocycles. The maximum atomic E-state index is 12.7. The van der Waals surface area contributed by atoms with E-state index in [0.29, 0.717) is 17.8 Å². The Morgan fingerprint density at radius 1 is 1.07 bits per heavy atom. The summed E-state index contributed by atoms with van der Waals surface area (Å²) >= 11 is 0. The molecule has 1 saturated carbocycles. The predicted molar refractivity (Wildman–Crippen MR) is 113 cm³/mol. The van der Waals surface area contributed by atoms with Gasteiger partial charge in [-0.3, -0.25) is 4.79 Å². The molecule has 0 spiro atoms. The molecule has 0 radical (unpaired) electrons. The molecule has 1 N–H and O–H groups in total. The molecule has 2 atom stereocenters. The molecule has 1 amide bonds. The summed E-state index contributed by atoms with van der Waals surface area (Å²) in [5, 5.41) is 3.33. The minimum absolute atomic E-state index is 0.0993. The molecule has 2 aliphatic rings. The van der Waals surface area contributed by atoms with E-state index in [1.807, 2.05) is 36.4 Å². The van der Waals surface area contributed by atoms with Crippen LogP contribution in [0.3, 0.4) is 0 Å². The first kappa shape index (κ1) is 19.7. The average Bonchev–Trinajstić information content (AvgIpc) is 2.76. The third-order valence-corrected chi connectivity index (χ3v) is 6.22. The summed E-state index contributed by atoms with van der Waals surface area (Å²) in [5.41, 5.74) is 0. The maximum absolute atomic E-state index is 12.7. The lowest BCUT2D eigenvalue weighted by atomic mass is 9.85. The van der Waals surface area contributed by atoms with E-state index in [2.05, 4.69) is 27.1 Å². The SMILES string of the molecule is CC1CCCCC1NC(=O)C1CCN(c2cc(Oc3ccccc3)ncn2)CC1. The van der Waals surface area contributed by atoms with Crippen molar-refractivity contribution in [3.05, 3.63) is 42.7 Å². The maximum Gasteiger partial charge on any atom is 0.224 e. The topological polar surface area (TPSA) is 67.4 Å². The zero-order chi connectivity index (χ0) is 20.1. The van der Waals surface area contributed by atoms with E-state index < -0.39 is 0 Å². The number of rotatable bonds is 5. The van der Waals surface area contributed by atoms with Gasteiger partial charge in [0.15, 0.2) is 0 Å². The number of amides is 1. The largest absolute Gasteiger partial charge is 0.439 e. The standard InChI is InChI=1S/C23H30N4O2/c1-17-7-5-6-10-20(17)26-23(28)18-11-13-27(14-12-18)21-15-22(25-16-24-21)29-19-8-3-2-4-9-19/h2-4,8-9,15-18,20H,5-7,10-14H2,1H3,(H,26,28). The fourth-order valence-electron chi connectivity index (χ4n) is 4.37. The van der Waals surface area contributed by atoms with Crippen molar-refractivity contribution in [2.75, 3.05) is 18.0 Å². The van der Waals surface area contributed by atoms with Crippen LogP contribution in [0.15, 0.2) is 42.7 Å². The molecule has 4 rings (SSSR count). The van der Waals surface area contributed by atoms with Crippen molar-refractivity contribution in [1.29, 1.82) is 0 Å². The highest BCUT2D eigenvalue weighted by molar-refractivity contribution is 5.79. The Bertz CT molecular complexity index is 806. The van der Waals surface area contributed by atoms with Gasteiger partial charge in [0.25, 0.3) is 0 Å². The Morgan fingerprint density at radius 2 is 1.83 bits per heavy atom. The van der Waals surface area contributed by atoms with Crippen molar-refractivity contribution in [1.82, 2.24) is 15.3 Å². The van der Waals surface area contributed by atoms with E-state index in [0.717, 1.165) is 43.9 Å². The molecular weight excluding hydrogens is 364 g/mol. The second-order valence-corrected chi connectivity index (χ2v) is 8.27. The molecule has 1 aromatic carbocycles. The van der Waals surface area contributed by atoms with E-state index in [4.69, 9.17) is 4.74 Å². The van der Waals surface area contributed by atoms with E-state index in [9.17, 15) is 4.79 Å². The minimum atomic E-state index is 0.0993. The second kappa shape index (κ2) is 9.25. The number of carbonyl (C=O) groups excluding carboxylic acids is 1. The van der Waals surface area contributed by atoms with Crippen molar-refractivity contribution in [3.8, 4) is 11.6 Å². The molecule has 6 heteroatoms. The third-order valence-electron chi connectivity index (χ3n) is 6.22. The first-order valence-electron chi connectivity index (χ1n) is 10.8. The Hall–Kier alpha value is -2.63. The van der Waals surface area contributed by atoms with Gasteiger partial charge < -0.3 is 15.0 Å². The highest BCUT2D eigenvalue weighted by atomic mass is 16.5. The van der Waals surface area contributed by atoms with Gasteiger partial charge in [0.2, 0.25) is 11.8 Å². The van der Waals surface area contributed by atoms with Gasteiger partial charge in [-0.25, -0.2) is 9.97 Å². The number of anilines is 1. The molecule has 154 valence electrons. The van der Waals surface area contributed by atoms with Gasteiger partial charge in [0.05, 0.1) is 0 Å². The fraction of sp³-hybridized carbons (Fsp3) is 0.522. The minimum Gasteiger partial charge on any atom is -0.439 e. The number of para-hydroxylation sites is 1. The van der Waals surface area contributed by atoms with Crippen LogP contribution in [-0.2, 0) is 4.79 Å². The summed E-state index contributed by atoms with van der Waals surface area (Å²) in [6.45, 7) is 3.90. The number of hydrogen-bond acceptors (Lipinski definition) is 5. The molecule has 1 saturated heterocycles. The van der Waals surface area contributed by atoms with Crippen LogP contribution >= 0.6 is 0 Å². The van der Waals surface area contributed by atoms with Gasteiger partial charge >= 0.3 is 0 Å². The van der Waals surface area contributed by atoms with E-state index in [1.165, 1.54) is 25.6 Å². The number of benzene rings is 1. The van der Waals surface area contributed by atoms with Gasteiger partial charge in [-0.05, 0) is 43.7 Å². The molecule has 29 heavy (non-hydrogen) atoms. The molecule has 2 heterocycles. The molecular formula is C23H30N4O2. The first-order chi connectivity index (χ1) is 14.2. The molecule has 1 aliphatic carbocycles. The van der Waals surface area contributed by atoms with E-state index >= 15 is 0 Å². The van der Waals surface area contributed by atoms with Crippen molar-refractivity contribution in [2.45, 2.75) is 51.5 Å². The zero-order valence-electron chi connectivity index (χ0n) is 17.1. The van der Waals surface area contributed by atoms with Crippen molar-refractivity contribution in [2.24, 2.45) is 11.8 Å². The number of hydrogen-bond donors (Lipinski definition) is 1. The second-order valence-electron chi connectivity index (χ2n) is 8.27. The van der Waals surface area contributed by atoms with E-state index in [1.54, 1.807) is 0 Å². The molecule has 1 aliphatic heterocycles. The summed E-state index contributed by atoms with van der Waals surface area (Å²) in [7, 11) is 0. The fourth-order valence-corrected chi connectivity index (χ4v) is 4.37.